The SMILES string of the molecule is C=CCCOC(=O)[C@@H]1[C@@H]2CCC3(S2)C(C(=O)N(CC=C)c2cc(C)ccc2C)N(CCCCCO)C(=O)[C@H]13. The van der Waals surface area contributed by atoms with Gasteiger partial charge in [-0.25, -0.2) is 0 Å². The number of aryl methyl sites for hydroxylation is 2. The maximum absolute atomic E-state index is 14.6. The Balaban J connectivity index is 1.72. The standard InChI is InChI=1S/C30H40N2O5S/c1-5-7-18-37-29(36)24-23-13-14-30(38-23)25(24)27(34)32(16-9-8-10-17-33)26(30)28(35)31(15-6-2)22-19-20(3)11-12-21(22)4/h5-6,11-12,19,23-26,33H,1-2,7-10,13-18H2,3-4H3/t23-,24+,25-,26?,30?/m0/s1. The minimum absolute atomic E-state index is 0.0272. The lowest BCUT2D eigenvalue weighted by Gasteiger charge is -2.37. The molecule has 3 saturated heterocycles. The normalized spacial score (nSPS) is 27.3. The van der Waals surface area contributed by atoms with Crippen LogP contribution >= 0.6 is 11.8 Å². The first-order valence-corrected chi connectivity index (χ1v) is 14.5. The van der Waals surface area contributed by atoms with Gasteiger partial charge in [-0.05, 0) is 69.6 Å². The number of aliphatic hydroxyl groups is 1. The number of rotatable bonds is 13. The molecule has 3 fully saturated rings. The van der Waals surface area contributed by atoms with Crippen LogP contribution < -0.4 is 4.90 Å². The molecule has 0 saturated carbocycles. The van der Waals surface area contributed by atoms with Gasteiger partial charge in [0.1, 0.15) is 6.04 Å². The third kappa shape index (κ3) is 5.05. The van der Waals surface area contributed by atoms with Crippen molar-refractivity contribution in [2.24, 2.45) is 11.8 Å². The van der Waals surface area contributed by atoms with Crippen LogP contribution in [-0.2, 0) is 19.1 Å². The van der Waals surface area contributed by atoms with Crippen LogP contribution in [0.25, 0.3) is 0 Å². The van der Waals surface area contributed by atoms with Crippen molar-refractivity contribution in [3.63, 3.8) is 0 Å². The second kappa shape index (κ2) is 12.1. The van der Waals surface area contributed by atoms with E-state index in [0.29, 0.717) is 38.8 Å². The van der Waals surface area contributed by atoms with Gasteiger partial charge >= 0.3 is 5.97 Å². The van der Waals surface area contributed by atoms with E-state index in [-0.39, 0.29) is 36.2 Å². The topological polar surface area (TPSA) is 87.2 Å². The second-order valence-electron chi connectivity index (χ2n) is 10.6. The molecule has 7 nitrogen and oxygen atoms in total. The molecule has 1 aromatic carbocycles. The van der Waals surface area contributed by atoms with Crippen LogP contribution in [0.4, 0.5) is 5.69 Å². The van der Waals surface area contributed by atoms with Crippen LogP contribution in [0.5, 0.6) is 0 Å². The van der Waals surface area contributed by atoms with E-state index in [4.69, 9.17) is 4.74 Å². The van der Waals surface area contributed by atoms with Crippen molar-refractivity contribution in [1.29, 1.82) is 0 Å². The Labute approximate surface area is 230 Å². The van der Waals surface area contributed by atoms with Gasteiger partial charge in [0.15, 0.2) is 0 Å². The lowest BCUT2D eigenvalue weighted by Crippen LogP contribution is -2.55. The molecule has 2 amide bonds. The summed E-state index contributed by atoms with van der Waals surface area (Å²) < 4.78 is 4.91. The summed E-state index contributed by atoms with van der Waals surface area (Å²) in [6.45, 7) is 12.7. The zero-order chi connectivity index (χ0) is 27.4. The summed E-state index contributed by atoms with van der Waals surface area (Å²) >= 11 is 1.65. The molecule has 5 atom stereocenters. The molecule has 3 aliphatic heterocycles. The van der Waals surface area contributed by atoms with Crippen LogP contribution in [0.2, 0.25) is 0 Å². The van der Waals surface area contributed by atoms with Gasteiger partial charge in [-0.3, -0.25) is 14.4 Å². The number of hydrogen-bond donors (Lipinski definition) is 1. The van der Waals surface area contributed by atoms with Gasteiger partial charge < -0.3 is 19.6 Å². The molecule has 3 heterocycles. The number of carbonyl (C=O) groups excluding carboxylic acids is 3. The number of ether oxygens (including phenoxy) is 1. The molecule has 3 aliphatic rings. The van der Waals surface area contributed by atoms with Gasteiger partial charge in [-0.15, -0.1) is 24.9 Å². The summed E-state index contributed by atoms with van der Waals surface area (Å²) in [4.78, 5) is 45.4. The van der Waals surface area contributed by atoms with E-state index in [9.17, 15) is 19.5 Å². The van der Waals surface area contributed by atoms with Crippen molar-refractivity contribution < 1.29 is 24.2 Å². The molecule has 38 heavy (non-hydrogen) atoms. The minimum atomic E-state index is -0.671. The number of benzene rings is 1. The summed E-state index contributed by atoms with van der Waals surface area (Å²) in [6, 6.07) is 5.36. The highest BCUT2D eigenvalue weighted by molar-refractivity contribution is 8.02. The Kier molecular flexibility index (Phi) is 9.04. The molecule has 1 aromatic rings. The predicted octanol–water partition coefficient (Wildman–Crippen LogP) is 4.20. The summed E-state index contributed by atoms with van der Waals surface area (Å²) in [7, 11) is 0. The first kappa shape index (κ1) is 28.4. The average molecular weight is 541 g/mol. The monoisotopic (exact) mass is 540 g/mol. The van der Waals surface area contributed by atoms with E-state index in [2.05, 4.69) is 13.2 Å². The number of nitrogens with zero attached hydrogens (tertiary/aromatic N) is 2. The van der Waals surface area contributed by atoms with Crippen LogP contribution in [0.15, 0.2) is 43.5 Å². The smallest absolute Gasteiger partial charge is 0.310 e. The predicted molar refractivity (Wildman–Crippen MR) is 151 cm³/mol. The molecule has 2 bridgehead atoms. The van der Waals surface area contributed by atoms with E-state index in [1.54, 1.807) is 33.7 Å². The second-order valence-corrected chi connectivity index (χ2v) is 12.2. The minimum Gasteiger partial charge on any atom is -0.465 e. The van der Waals surface area contributed by atoms with Gasteiger partial charge in [-0.2, -0.15) is 0 Å². The van der Waals surface area contributed by atoms with Crippen molar-refractivity contribution in [2.75, 3.05) is 31.2 Å². The Morgan fingerprint density at radius 3 is 2.74 bits per heavy atom. The quantitative estimate of drug-likeness (QED) is 0.229. The van der Waals surface area contributed by atoms with Crippen molar-refractivity contribution in [1.82, 2.24) is 4.90 Å². The number of esters is 1. The average Bonchev–Trinajstić information content (AvgIpc) is 3.54. The molecule has 1 spiro atoms. The number of aliphatic hydroxyl groups excluding tert-OH is 1. The summed E-state index contributed by atoms with van der Waals surface area (Å²) in [5.74, 6) is -1.69. The Morgan fingerprint density at radius 1 is 1.24 bits per heavy atom. The zero-order valence-electron chi connectivity index (χ0n) is 22.6. The lowest BCUT2D eigenvalue weighted by molar-refractivity contribution is -0.154. The number of thioether (sulfide) groups is 1. The molecular formula is C30H40N2O5S. The van der Waals surface area contributed by atoms with E-state index in [1.165, 1.54) is 0 Å². The molecule has 0 aromatic heterocycles. The van der Waals surface area contributed by atoms with Crippen molar-refractivity contribution in [2.45, 2.75) is 68.4 Å². The highest BCUT2D eigenvalue weighted by Gasteiger charge is 2.74. The van der Waals surface area contributed by atoms with E-state index in [0.717, 1.165) is 29.7 Å². The van der Waals surface area contributed by atoms with Crippen LogP contribution in [0.3, 0.4) is 0 Å². The zero-order valence-corrected chi connectivity index (χ0v) is 23.4. The Morgan fingerprint density at radius 2 is 2.03 bits per heavy atom. The van der Waals surface area contributed by atoms with Gasteiger partial charge in [0, 0.05) is 30.6 Å². The first-order chi connectivity index (χ1) is 18.3. The summed E-state index contributed by atoms with van der Waals surface area (Å²) in [6.07, 6.45) is 7.57. The molecule has 1 N–H and O–H groups in total. The first-order valence-electron chi connectivity index (χ1n) is 13.7. The third-order valence-electron chi connectivity index (χ3n) is 8.16. The number of amides is 2. The largest absolute Gasteiger partial charge is 0.465 e. The maximum Gasteiger partial charge on any atom is 0.310 e. The lowest BCUT2D eigenvalue weighted by atomic mass is 9.71. The van der Waals surface area contributed by atoms with E-state index >= 15 is 0 Å². The Hall–Kier alpha value is -2.58. The Bertz CT molecular complexity index is 1090. The third-order valence-corrected chi connectivity index (χ3v) is 10.1. The van der Waals surface area contributed by atoms with Crippen molar-refractivity contribution in [3.8, 4) is 0 Å². The van der Waals surface area contributed by atoms with Gasteiger partial charge in [0.2, 0.25) is 5.91 Å². The van der Waals surface area contributed by atoms with Gasteiger partial charge in [-0.1, -0.05) is 24.3 Å². The fraction of sp³-hybridized carbons (Fsp3) is 0.567. The number of unbranched alkanes of at least 4 members (excludes halogenated alkanes) is 2. The molecule has 2 unspecified atom stereocenters. The fourth-order valence-electron chi connectivity index (χ4n) is 6.44. The number of carbonyl (C=O) groups is 3. The van der Waals surface area contributed by atoms with E-state index in [1.807, 2.05) is 32.0 Å². The molecule has 0 radical (unpaired) electrons. The van der Waals surface area contributed by atoms with Gasteiger partial charge in [0.25, 0.3) is 5.91 Å². The molecular weight excluding hydrogens is 500 g/mol. The highest BCUT2D eigenvalue weighted by Crippen LogP contribution is 2.66. The molecule has 8 heteroatoms. The van der Waals surface area contributed by atoms with Crippen LogP contribution in [0, 0.1) is 25.7 Å². The van der Waals surface area contributed by atoms with Crippen LogP contribution in [0.1, 0.15) is 49.7 Å². The molecule has 4 rings (SSSR count). The maximum atomic E-state index is 14.6. The number of hydrogen-bond acceptors (Lipinski definition) is 6. The summed E-state index contributed by atoms with van der Waals surface area (Å²) in [5, 5.41) is 9.22. The van der Waals surface area contributed by atoms with Gasteiger partial charge in [0.05, 0.1) is 23.2 Å². The molecule has 206 valence electrons. The van der Waals surface area contributed by atoms with Crippen molar-refractivity contribution in [3.05, 3.63) is 54.6 Å². The highest BCUT2D eigenvalue weighted by atomic mass is 32.2. The number of likely N-dealkylation sites (tertiary alicyclic amines) is 1. The van der Waals surface area contributed by atoms with E-state index < -0.39 is 22.6 Å². The summed E-state index contributed by atoms with van der Waals surface area (Å²) in [5.41, 5.74) is 2.84. The molecule has 0 aliphatic carbocycles. The van der Waals surface area contributed by atoms with Crippen LogP contribution in [-0.4, -0.2) is 70.1 Å². The van der Waals surface area contributed by atoms with Crippen molar-refractivity contribution >= 4 is 35.2 Å². The fourth-order valence-corrected chi connectivity index (χ4v) is 8.65. The number of fused-ring (bicyclic) bond motifs is 1. The number of anilines is 1.